The predicted molar refractivity (Wildman–Crippen MR) is 86.6 cm³/mol. The molecule has 0 atom stereocenters. The van der Waals surface area contributed by atoms with Crippen molar-refractivity contribution in [3.63, 3.8) is 0 Å². The minimum absolute atomic E-state index is 0.0421. The van der Waals surface area contributed by atoms with Crippen LogP contribution < -0.4 is 5.32 Å². The zero-order valence-corrected chi connectivity index (χ0v) is 14.1. The minimum Gasteiger partial charge on any atom is -0.343 e. The van der Waals surface area contributed by atoms with E-state index in [0.29, 0.717) is 22.4 Å². The molecule has 1 aromatic heterocycles. The number of nitrogens with one attached hydrogen (secondary N) is 1. The SMILES string of the molecule is CCn1cc(Br)cc1C(=O)Nc1ccc([N+](=O)[O-])cc1Br. The van der Waals surface area contributed by atoms with Crippen LogP contribution in [0.3, 0.4) is 0 Å². The molecular weight excluding hydrogens is 406 g/mol. The smallest absolute Gasteiger partial charge is 0.272 e. The number of hydrogen-bond acceptors (Lipinski definition) is 3. The van der Waals surface area contributed by atoms with Crippen LogP contribution in [0.2, 0.25) is 0 Å². The average Bonchev–Trinajstić information content (AvgIpc) is 2.82. The van der Waals surface area contributed by atoms with Gasteiger partial charge in [-0.3, -0.25) is 14.9 Å². The van der Waals surface area contributed by atoms with Gasteiger partial charge in [0.05, 0.1) is 10.6 Å². The fourth-order valence-corrected chi connectivity index (χ4v) is 2.76. The summed E-state index contributed by atoms with van der Waals surface area (Å²) in [6.45, 7) is 2.60. The van der Waals surface area contributed by atoms with Gasteiger partial charge < -0.3 is 9.88 Å². The number of non-ortho nitro benzene ring substituents is 1. The number of nitrogens with zero attached hydrogens (tertiary/aromatic N) is 2. The first-order valence-electron chi connectivity index (χ1n) is 6.03. The van der Waals surface area contributed by atoms with Crippen LogP contribution in [0.25, 0.3) is 0 Å². The highest BCUT2D eigenvalue weighted by Crippen LogP contribution is 2.27. The number of halogens is 2. The zero-order chi connectivity index (χ0) is 15.6. The molecule has 1 aromatic carbocycles. The molecule has 1 amide bonds. The first-order valence-corrected chi connectivity index (χ1v) is 7.62. The van der Waals surface area contributed by atoms with Crippen molar-refractivity contribution in [2.24, 2.45) is 0 Å². The lowest BCUT2D eigenvalue weighted by molar-refractivity contribution is -0.384. The highest BCUT2D eigenvalue weighted by Gasteiger charge is 2.15. The van der Waals surface area contributed by atoms with E-state index in [0.717, 1.165) is 4.47 Å². The molecule has 1 heterocycles. The quantitative estimate of drug-likeness (QED) is 0.599. The first kappa shape index (κ1) is 15.7. The Bertz CT molecular complexity index is 713. The summed E-state index contributed by atoms with van der Waals surface area (Å²) in [6, 6.07) is 5.91. The van der Waals surface area contributed by atoms with Crippen molar-refractivity contribution in [1.29, 1.82) is 0 Å². The maximum absolute atomic E-state index is 12.3. The van der Waals surface area contributed by atoms with Crippen LogP contribution in [0, 0.1) is 10.1 Å². The molecule has 1 N–H and O–H groups in total. The van der Waals surface area contributed by atoms with Crippen molar-refractivity contribution in [3.8, 4) is 0 Å². The Hall–Kier alpha value is -1.67. The predicted octanol–water partition coefficient (Wildman–Crippen LogP) is 4.19. The van der Waals surface area contributed by atoms with Gasteiger partial charge in [0.2, 0.25) is 0 Å². The van der Waals surface area contributed by atoms with Crippen molar-refractivity contribution in [1.82, 2.24) is 4.57 Å². The highest BCUT2D eigenvalue weighted by molar-refractivity contribution is 9.10. The standard InChI is InChI=1S/C13H11Br2N3O3/c1-2-17-7-8(14)5-12(17)13(19)16-11-4-3-9(18(20)21)6-10(11)15/h3-7H,2H2,1H3,(H,16,19). The minimum atomic E-state index is -0.490. The molecule has 0 bridgehead atoms. The van der Waals surface area contributed by atoms with Crippen molar-refractivity contribution in [2.75, 3.05) is 5.32 Å². The van der Waals surface area contributed by atoms with E-state index in [2.05, 4.69) is 37.2 Å². The van der Waals surface area contributed by atoms with E-state index in [1.54, 1.807) is 10.6 Å². The fraction of sp³-hybridized carbons (Fsp3) is 0.154. The number of aromatic nitrogens is 1. The Morgan fingerprint density at radius 2 is 2.10 bits per heavy atom. The molecule has 110 valence electrons. The van der Waals surface area contributed by atoms with Crippen LogP contribution in [0.1, 0.15) is 17.4 Å². The largest absolute Gasteiger partial charge is 0.343 e. The molecule has 0 saturated heterocycles. The first-order chi connectivity index (χ1) is 9.92. The molecule has 2 aromatic rings. The summed E-state index contributed by atoms with van der Waals surface area (Å²) < 4.78 is 3.08. The Balaban J connectivity index is 2.25. The maximum atomic E-state index is 12.3. The van der Waals surface area contributed by atoms with Gasteiger partial charge in [-0.15, -0.1) is 0 Å². The van der Waals surface area contributed by atoms with Crippen molar-refractivity contribution < 1.29 is 9.72 Å². The van der Waals surface area contributed by atoms with Gasteiger partial charge in [-0.25, -0.2) is 0 Å². The van der Waals surface area contributed by atoms with Crippen LogP contribution in [0.5, 0.6) is 0 Å². The van der Waals surface area contributed by atoms with E-state index in [1.165, 1.54) is 18.2 Å². The number of nitro groups is 1. The molecule has 8 heteroatoms. The van der Waals surface area contributed by atoms with Crippen molar-refractivity contribution in [3.05, 3.63) is 55.2 Å². The van der Waals surface area contributed by atoms with Crippen LogP contribution in [-0.4, -0.2) is 15.4 Å². The molecule has 0 aliphatic carbocycles. The van der Waals surface area contributed by atoms with Gasteiger partial charge in [-0.2, -0.15) is 0 Å². The van der Waals surface area contributed by atoms with E-state index in [9.17, 15) is 14.9 Å². The van der Waals surface area contributed by atoms with Gasteiger partial charge in [0.1, 0.15) is 5.69 Å². The Morgan fingerprint density at radius 3 is 2.67 bits per heavy atom. The van der Waals surface area contributed by atoms with Gasteiger partial charge in [0.15, 0.2) is 0 Å². The average molecular weight is 417 g/mol. The van der Waals surface area contributed by atoms with Gasteiger partial charge in [-0.1, -0.05) is 0 Å². The number of rotatable bonds is 4. The molecule has 0 saturated carbocycles. The number of hydrogen-bond donors (Lipinski definition) is 1. The lowest BCUT2D eigenvalue weighted by Crippen LogP contribution is -2.16. The lowest BCUT2D eigenvalue weighted by atomic mass is 10.2. The third-order valence-electron chi connectivity index (χ3n) is 2.85. The Morgan fingerprint density at radius 1 is 1.38 bits per heavy atom. The monoisotopic (exact) mass is 415 g/mol. The van der Waals surface area contributed by atoms with Crippen LogP contribution in [0.4, 0.5) is 11.4 Å². The number of benzene rings is 1. The lowest BCUT2D eigenvalue weighted by Gasteiger charge is -2.09. The van der Waals surface area contributed by atoms with Gasteiger partial charge in [-0.05, 0) is 50.9 Å². The maximum Gasteiger partial charge on any atom is 0.272 e. The van der Waals surface area contributed by atoms with Gasteiger partial charge in [0.25, 0.3) is 11.6 Å². The number of amides is 1. The third-order valence-corrected chi connectivity index (χ3v) is 3.94. The summed E-state index contributed by atoms with van der Waals surface area (Å²) >= 11 is 6.55. The summed E-state index contributed by atoms with van der Waals surface area (Å²) in [5, 5.41) is 13.4. The molecular formula is C13H11Br2N3O3. The zero-order valence-electron chi connectivity index (χ0n) is 11.0. The van der Waals surface area contributed by atoms with Crippen molar-refractivity contribution in [2.45, 2.75) is 13.5 Å². The molecule has 0 unspecified atom stereocenters. The molecule has 0 spiro atoms. The van der Waals surface area contributed by atoms with E-state index in [4.69, 9.17) is 0 Å². The number of anilines is 1. The highest BCUT2D eigenvalue weighted by atomic mass is 79.9. The number of nitro benzene ring substituents is 1. The van der Waals surface area contributed by atoms with Crippen LogP contribution in [-0.2, 0) is 6.54 Å². The summed E-state index contributed by atoms with van der Waals surface area (Å²) in [4.78, 5) is 22.5. The molecule has 0 aliphatic rings. The second-order valence-electron chi connectivity index (χ2n) is 4.20. The third kappa shape index (κ3) is 3.51. The number of carbonyl (C=O) groups is 1. The molecule has 6 nitrogen and oxygen atoms in total. The molecule has 0 aliphatic heterocycles. The Kier molecular flexibility index (Phi) is 4.79. The van der Waals surface area contributed by atoms with E-state index < -0.39 is 4.92 Å². The fourth-order valence-electron chi connectivity index (χ4n) is 1.83. The molecule has 0 radical (unpaired) electrons. The number of aryl methyl sites for hydroxylation is 1. The van der Waals surface area contributed by atoms with E-state index in [-0.39, 0.29) is 11.6 Å². The van der Waals surface area contributed by atoms with E-state index in [1.807, 2.05) is 13.1 Å². The molecule has 0 fully saturated rings. The van der Waals surface area contributed by atoms with Crippen LogP contribution >= 0.6 is 31.9 Å². The van der Waals surface area contributed by atoms with Crippen molar-refractivity contribution >= 4 is 49.1 Å². The van der Waals surface area contributed by atoms with Gasteiger partial charge in [0, 0.05) is 33.8 Å². The molecule has 2 rings (SSSR count). The summed E-state index contributed by atoms with van der Waals surface area (Å²) in [5.74, 6) is -0.280. The summed E-state index contributed by atoms with van der Waals surface area (Å²) in [7, 11) is 0. The normalized spacial score (nSPS) is 10.4. The second-order valence-corrected chi connectivity index (χ2v) is 5.97. The second kappa shape index (κ2) is 6.40. The van der Waals surface area contributed by atoms with Gasteiger partial charge >= 0.3 is 0 Å². The topological polar surface area (TPSA) is 77.2 Å². The molecule has 21 heavy (non-hydrogen) atoms. The van der Waals surface area contributed by atoms with E-state index >= 15 is 0 Å². The number of carbonyl (C=O) groups excluding carboxylic acids is 1. The summed E-state index contributed by atoms with van der Waals surface area (Å²) in [6.07, 6.45) is 1.82. The Labute approximate surface area is 137 Å². The van der Waals surface area contributed by atoms with Crippen LogP contribution in [0.15, 0.2) is 39.4 Å². The summed E-state index contributed by atoms with van der Waals surface area (Å²) in [5.41, 5.74) is 0.944.